The zero-order valence-electron chi connectivity index (χ0n) is 11.0. The Morgan fingerprint density at radius 3 is 2.72 bits per heavy atom. The molecule has 1 aromatic rings. The first-order valence-electron chi connectivity index (χ1n) is 5.95. The van der Waals surface area contributed by atoms with E-state index in [1.807, 2.05) is 39.0 Å². The Morgan fingerprint density at radius 1 is 1.50 bits per heavy atom. The van der Waals surface area contributed by atoms with E-state index in [4.69, 9.17) is 15.7 Å². The number of rotatable bonds is 5. The molecule has 0 aliphatic heterocycles. The van der Waals surface area contributed by atoms with E-state index in [2.05, 4.69) is 22.0 Å². The second-order valence-electron chi connectivity index (χ2n) is 5.06. The largest absolute Gasteiger partial charge is 0.493 e. The smallest absolute Gasteiger partial charge is 0.125 e. The maximum absolute atomic E-state index is 8.95. The average molecular weight is 311 g/mol. The minimum atomic E-state index is -0.361. The van der Waals surface area contributed by atoms with E-state index < -0.39 is 0 Å². The fourth-order valence-corrected chi connectivity index (χ4v) is 1.82. The topological polar surface area (TPSA) is 59.0 Å². The van der Waals surface area contributed by atoms with E-state index in [1.165, 1.54) is 0 Å². The van der Waals surface area contributed by atoms with E-state index in [1.54, 1.807) is 0 Å². The highest BCUT2D eigenvalue weighted by atomic mass is 79.9. The molecule has 0 amide bonds. The highest BCUT2D eigenvalue weighted by molar-refractivity contribution is 9.10. The van der Waals surface area contributed by atoms with Crippen LogP contribution in [0.3, 0.4) is 0 Å². The SMILES string of the molecule is C[C@H](N)c1ccc(Br)cc1OCCC(C)(C)C#N. The number of hydrogen-bond acceptors (Lipinski definition) is 3. The van der Waals surface area contributed by atoms with Crippen molar-refractivity contribution >= 4 is 15.9 Å². The van der Waals surface area contributed by atoms with Gasteiger partial charge in [-0.1, -0.05) is 22.0 Å². The van der Waals surface area contributed by atoms with Crippen LogP contribution in [0.4, 0.5) is 0 Å². The molecular weight excluding hydrogens is 292 g/mol. The summed E-state index contributed by atoms with van der Waals surface area (Å²) in [6.07, 6.45) is 0.689. The Hall–Kier alpha value is -1.05. The van der Waals surface area contributed by atoms with Gasteiger partial charge in [0.15, 0.2) is 0 Å². The average Bonchev–Trinajstić information content (AvgIpc) is 2.28. The van der Waals surface area contributed by atoms with Gasteiger partial charge in [0.05, 0.1) is 18.1 Å². The molecule has 0 saturated heterocycles. The highest BCUT2D eigenvalue weighted by Crippen LogP contribution is 2.28. The predicted molar refractivity (Wildman–Crippen MR) is 76.3 cm³/mol. The van der Waals surface area contributed by atoms with Crippen LogP contribution in [0.2, 0.25) is 0 Å². The third-order valence-corrected chi connectivity index (χ3v) is 3.25. The zero-order chi connectivity index (χ0) is 13.8. The molecule has 0 unspecified atom stereocenters. The van der Waals surface area contributed by atoms with Gasteiger partial charge in [-0.15, -0.1) is 0 Å². The summed E-state index contributed by atoms with van der Waals surface area (Å²) in [5, 5.41) is 8.95. The summed E-state index contributed by atoms with van der Waals surface area (Å²) in [4.78, 5) is 0. The van der Waals surface area contributed by atoms with E-state index in [0.29, 0.717) is 13.0 Å². The quantitative estimate of drug-likeness (QED) is 0.900. The van der Waals surface area contributed by atoms with Crippen LogP contribution >= 0.6 is 15.9 Å². The predicted octanol–water partition coefficient (Wildman–Crippen LogP) is 3.79. The Balaban J connectivity index is 2.73. The Labute approximate surface area is 117 Å². The molecule has 2 N–H and O–H groups in total. The van der Waals surface area contributed by atoms with E-state index in [0.717, 1.165) is 15.8 Å². The molecule has 1 atom stereocenters. The minimum absolute atomic E-state index is 0.0722. The van der Waals surface area contributed by atoms with Crippen molar-refractivity contribution < 1.29 is 4.74 Å². The van der Waals surface area contributed by atoms with Crippen LogP contribution in [-0.4, -0.2) is 6.61 Å². The van der Waals surface area contributed by atoms with Gasteiger partial charge in [-0.2, -0.15) is 5.26 Å². The number of ether oxygens (including phenoxy) is 1. The summed E-state index contributed by atoms with van der Waals surface area (Å²) in [5.41, 5.74) is 6.52. The Kier molecular flexibility index (Phi) is 5.18. The number of halogens is 1. The lowest BCUT2D eigenvalue weighted by Crippen LogP contribution is -2.14. The van der Waals surface area contributed by atoms with E-state index in [9.17, 15) is 0 Å². The molecule has 1 rings (SSSR count). The lowest BCUT2D eigenvalue weighted by Gasteiger charge is -2.18. The van der Waals surface area contributed by atoms with Crippen LogP contribution in [-0.2, 0) is 0 Å². The highest BCUT2D eigenvalue weighted by Gasteiger charge is 2.17. The summed E-state index contributed by atoms with van der Waals surface area (Å²) in [5.74, 6) is 0.785. The Morgan fingerprint density at radius 2 is 2.17 bits per heavy atom. The molecule has 1 aromatic carbocycles. The first-order valence-corrected chi connectivity index (χ1v) is 6.74. The van der Waals surface area contributed by atoms with Gasteiger partial charge in [0, 0.05) is 16.1 Å². The van der Waals surface area contributed by atoms with Crippen LogP contribution in [0.5, 0.6) is 5.75 Å². The third kappa shape index (κ3) is 4.32. The monoisotopic (exact) mass is 310 g/mol. The maximum atomic E-state index is 8.95. The lowest BCUT2D eigenvalue weighted by atomic mass is 9.92. The first-order chi connectivity index (χ1) is 8.35. The van der Waals surface area contributed by atoms with Crippen molar-refractivity contribution in [1.82, 2.24) is 0 Å². The molecule has 18 heavy (non-hydrogen) atoms. The van der Waals surface area contributed by atoms with Crippen molar-refractivity contribution in [3.8, 4) is 11.8 Å². The molecule has 0 aromatic heterocycles. The third-order valence-electron chi connectivity index (χ3n) is 2.75. The molecule has 0 spiro atoms. The van der Waals surface area contributed by atoms with Gasteiger partial charge in [-0.3, -0.25) is 0 Å². The normalized spacial score (nSPS) is 12.9. The van der Waals surface area contributed by atoms with Crippen molar-refractivity contribution in [2.75, 3.05) is 6.61 Å². The molecule has 0 saturated carbocycles. The van der Waals surface area contributed by atoms with Crippen LogP contribution in [0.1, 0.15) is 38.8 Å². The Bertz CT molecular complexity index is 450. The van der Waals surface area contributed by atoms with Gasteiger partial charge >= 0.3 is 0 Å². The summed E-state index contributed by atoms with van der Waals surface area (Å²) >= 11 is 3.42. The van der Waals surface area contributed by atoms with Gasteiger partial charge in [-0.25, -0.2) is 0 Å². The van der Waals surface area contributed by atoms with Crippen molar-refractivity contribution in [1.29, 1.82) is 5.26 Å². The molecule has 0 heterocycles. The fraction of sp³-hybridized carbons (Fsp3) is 0.500. The standard InChI is InChI=1S/C14H19BrN2O/c1-10(17)12-5-4-11(15)8-13(12)18-7-6-14(2,3)9-16/h4-5,8,10H,6-7,17H2,1-3H3/t10-/m0/s1. The number of nitriles is 1. The van der Waals surface area contributed by atoms with Crippen LogP contribution < -0.4 is 10.5 Å². The summed E-state index contributed by atoms with van der Waals surface area (Å²) in [6, 6.07) is 8.01. The van der Waals surface area contributed by atoms with E-state index in [-0.39, 0.29) is 11.5 Å². The van der Waals surface area contributed by atoms with Crippen molar-refractivity contribution in [3.05, 3.63) is 28.2 Å². The molecule has 0 aliphatic carbocycles. The van der Waals surface area contributed by atoms with Crippen molar-refractivity contribution in [3.63, 3.8) is 0 Å². The van der Waals surface area contributed by atoms with Crippen molar-refractivity contribution in [2.24, 2.45) is 11.1 Å². The molecule has 98 valence electrons. The zero-order valence-corrected chi connectivity index (χ0v) is 12.6. The van der Waals surface area contributed by atoms with Gasteiger partial charge in [0.2, 0.25) is 0 Å². The van der Waals surface area contributed by atoms with Gasteiger partial charge < -0.3 is 10.5 Å². The fourth-order valence-electron chi connectivity index (χ4n) is 1.48. The minimum Gasteiger partial charge on any atom is -0.493 e. The van der Waals surface area contributed by atoms with Crippen molar-refractivity contribution in [2.45, 2.75) is 33.2 Å². The summed E-state index contributed by atoms with van der Waals surface area (Å²) in [7, 11) is 0. The van der Waals surface area contributed by atoms with Crippen LogP contribution in [0.25, 0.3) is 0 Å². The molecule has 0 fully saturated rings. The van der Waals surface area contributed by atoms with Gasteiger partial charge in [0.25, 0.3) is 0 Å². The lowest BCUT2D eigenvalue weighted by molar-refractivity contribution is 0.261. The number of nitrogens with zero attached hydrogens (tertiary/aromatic N) is 1. The second kappa shape index (κ2) is 6.21. The molecule has 0 radical (unpaired) electrons. The van der Waals surface area contributed by atoms with E-state index >= 15 is 0 Å². The first kappa shape index (κ1) is 15.0. The maximum Gasteiger partial charge on any atom is 0.125 e. The van der Waals surface area contributed by atoms with Crippen LogP contribution in [0, 0.1) is 16.7 Å². The number of benzene rings is 1. The van der Waals surface area contributed by atoms with Gasteiger partial charge in [-0.05, 0) is 39.3 Å². The summed E-state index contributed by atoms with van der Waals surface area (Å²) in [6.45, 7) is 6.25. The summed E-state index contributed by atoms with van der Waals surface area (Å²) < 4.78 is 6.72. The van der Waals surface area contributed by atoms with Gasteiger partial charge in [0.1, 0.15) is 5.75 Å². The molecule has 0 bridgehead atoms. The molecule has 3 nitrogen and oxygen atoms in total. The number of nitrogens with two attached hydrogens (primary N) is 1. The second-order valence-corrected chi connectivity index (χ2v) is 5.98. The molecule has 0 aliphatic rings. The molecular formula is C14H19BrN2O. The number of hydrogen-bond donors (Lipinski definition) is 1. The van der Waals surface area contributed by atoms with Crippen LogP contribution in [0.15, 0.2) is 22.7 Å². The molecule has 4 heteroatoms.